The molecule has 7 nitrogen and oxygen atoms in total. The standard InChI is InChI=1S/C22H27Cl2N3O4S/c1-4-13-25-22(29)16(2)27(14-17-5-7-18(23)8-6-17)21(28)15-26(3)32(30,31)20-11-9-19(24)10-12-20/h5-12,16H,4,13-15H2,1-3H3,(H,25,29)/t16-/m1/s1. The van der Waals surface area contributed by atoms with Crippen LogP contribution in [0.5, 0.6) is 0 Å². The molecular weight excluding hydrogens is 473 g/mol. The third-order valence-electron chi connectivity index (χ3n) is 4.86. The zero-order chi connectivity index (χ0) is 23.9. The predicted molar refractivity (Wildman–Crippen MR) is 126 cm³/mol. The van der Waals surface area contributed by atoms with Crippen LogP contribution >= 0.6 is 23.2 Å². The number of amides is 2. The molecular formula is C22H27Cl2N3O4S. The van der Waals surface area contributed by atoms with Crippen LogP contribution in [0.15, 0.2) is 53.4 Å². The molecule has 0 fully saturated rings. The molecule has 0 spiro atoms. The fraction of sp³-hybridized carbons (Fsp3) is 0.364. The van der Waals surface area contributed by atoms with Crippen LogP contribution in [0.3, 0.4) is 0 Å². The Morgan fingerprint density at radius 3 is 2.06 bits per heavy atom. The van der Waals surface area contributed by atoms with Gasteiger partial charge in [0.25, 0.3) is 0 Å². The highest BCUT2D eigenvalue weighted by Gasteiger charge is 2.30. The molecule has 1 atom stereocenters. The molecule has 174 valence electrons. The van der Waals surface area contributed by atoms with Gasteiger partial charge in [-0.15, -0.1) is 0 Å². The zero-order valence-electron chi connectivity index (χ0n) is 18.2. The molecule has 0 radical (unpaired) electrons. The van der Waals surface area contributed by atoms with Gasteiger partial charge in [-0.05, 0) is 55.3 Å². The van der Waals surface area contributed by atoms with Gasteiger partial charge in [0.2, 0.25) is 21.8 Å². The normalized spacial score (nSPS) is 12.4. The van der Waals surface area contributed by atoms with E-state index >= 15 is 0 Å². The number of rotatable bonds is 10. The minimum atomic E-state index is -3.91. The van der Waals surface area contributed by atoms with E-state index in [1.54, 1.807) is 31.2 Å². The summed E-state index contributed by atoms with van der Waals surface area (Å²) in [7, 11) is -2.59. The van der Waals surface area contributed by atoms with E-state index in [9.17, 15) is 18.0 Å². The van der Waals surface area contributed by atoms with Crippen molar-refractivity contribution in [1.82, 2.24) is 14.5 Å². The SMILES string of the molecule is CCCNC(=O)[C@@H](C)N(Cc1ccc(Cl)cc1)C(=O)CN(C)S(=O)(=O)c1ccc(Cl)cc1. The van der Waals surface area contributed by atoms with E-state index in [4.69, 9.17) is 23.2 Å². The molecule has 0 heterocycles. The largest absolute Gasteiger partial charge is 0.354 e. The second-order valence-corrected chi connectivity index (χ2v) is 10.2. The lowest BCUT2D eigenvalue weighted by molar-refractivity contribution is -0.140. The van der Waals surface area contributed by atoms with Crippen molar-refractivity contribution >= 4 is 45.0 Å². The van der Waals surface area contributed by atoms with Crippen molar-refractivity contribution in [3.05, 3.63) is 64.1 Å². The summed E-state index contributed by atoms with van der Waals surface area (Å²) >= 11 is 11.8. The van der Waals surface area contributed by atoms with Crippen LogP contribution in [0.2, 0.25) is 10.0 Å². The first kappa shape index (κ1) is 26.1. The Hall–Kier alpha value is -2.13. The van der Waals surface area contributed by atoms with Gasteiger partial charge >= 0.3 is 0 Å². The zero-order valence-corrected chi connectivity index (χ0v) is 20.5. The minimum absolute atomic E-state index is 0.0233. The van der Waals surface area contributed by atoms with Crippen molar-refractivity contribution in [2.24, 2.45) is 0 Å². The average molecular weight is 500 g/mol. The Morgan fingerprint density at radius 2 is 1.53 bits per heavy atom. The van der Waals surface area contributed by atoms with E-state index in [0.29, 0.717) is 16.6 Å². The molecule has 10 heteroatoms. The van der Waals surface area contributed by atoms with Crippen molar-refractivity contribution in [1.29, 1.82) is 0 Å². The number of carbonyl (C=O) groups is 2. The van der Waals surface area contributed by atoms with Gasteiger partial charge in [-0.1, -0.05) is 42.3 Å². The highest BCUT2D eigenvalue weighted by molar-refractivity contribution is 7.89. The second kappa shape index (κ2) is 11.7. The first-order chi connectivity index (χ1) is 15.1. The minimum Gasteiger partial charge on any atom is -0.354 e. The highest BCUT2D eigenvalue weighted by atomic mass is 35.5. The second-order valence-electron chi connectivity index (χ2n) is 7.33. The maximum absolute atomic E-state index is 13.2. The number of hydrogen-bond donors (Lipinski definition) is 1. The number of nitrogens with zero attached hydrogens (tertiary/aromatic N) is 2. The summed E-state index contributed by atoms with van der Waals surface area (Å²) in [6, 6.07) is 11.8. The maximum atomic E-state index is 13.2. The molecule has 0 aliphatic rings. The quantitative estimate of drug-likeness (QED) is 0.541. The van der Waals surface area contributed by atoms with Crippen LogP contribution in [-0.4, -0.2) is 55.6 Å². The smallest absolute Gasteiger partial charge is 0.243 e. The van der Waals surface area contributed by atoms with Crippen molar-refractivity contribution in [3.8, 4) is 0 Å². The van der Waals surface area contributed by atoms with Crippen LogP contribution in [0.1, 0.15) is 25.8 Å². The van der Waals surface area contributed by atoms with E-state index in [1.165, 1.54) is 36.2 Å². The summed E-state index contributed by atoms with van der Waals surface area (Å²) in [5, 5.41) is 3.74. The van der Waals surface area contributed by atoms with Gasteiger partial charge in [-0.3, -0.25) is 9.59 Å². The number of nitrogens with one attached hydrogen (secondary N) is 1. The third-order valence-corrected chi connectivity index (χ3v) is 7.18. The summed E-state index contributed by atoms with van der Waals surface area (Å²) in [5.41, 5.74) is 0.765. The molecule has 0 saturated carbocycles. The Balaban J connectivity index is 2.24. The van der Waals surface area contributed by atoms with Gasteiger partial charge in [-0.25, -0.2) is 8.42 Å². The average Bonchev–Trinajstić information content (AvgIpc) is 2.76. The summed E-state index contributed by atoms with van der Waals surface area (Å²) in [4.78, 5) is 27.1. The Kier molecular flexibility index (Phi) is 9.51. The van der Waals surface area contributed by atoms with Crippen LogP contribution in [0.25, 0.3) is 0 Å². The fourth-order valence-corrected chi connectivity index (χ4v) is 4.29. The molecule has 32 heavy (non-hydrogen) atoms. The van der Waals surface area contributed by atoms with Crippen LogP contribution in [-0.2, 0) is 26.2 Å². The van der Waals surface area contributed by atoms with Crippen molar-refractivity contribution in [3.63, 3.8) is 0 Å². The highest BCUT2D eigenvalue weighted by Crippen LogP contribution is 2.19. The van der Waals surface area contributed by atoms with Crippen LogP contribution in [0, 0.1) is 0 Å². The molecule has 0 unspecified atom stereocenters. The van der Waals surface area contributed by atoms with Crippen molar-refractivity contribution in [2.75, 3.05) is 20.1 Å². The summed E-state index contributed by atoms with van der Waals surface area (Å²) in [6.45, 7) is 3.73. The predicted octanol–water partition coefficient (Wildman–Crippen LogP) is 3.56. The van der Waals surface area contributed by atoms with E-state index in [1.807, 2.05) is 6.92 Å². The van der Waals surface area contributed by atoms with Crippen molar-refractivity contribution in [2.45, 2.75) is 37.8 Å². The molecule has 2 aromatic rings. The van der Waals surface area contributed by atoms with Crippen LogP contribution in [0.4, 0.5) is 0 Å². The molecule has 0 aromatic heterocycles. The Bertz CT molecular complexity index is 1030. The fourth-order valence-electron chi connectivity index (χ4n) is 2.92. The number of halogens is 2. The summed E-state index contributed by atoms with van der Waals surface area (Å²) in [5.74, 6) is -0.809. The Morgan fingerprint density at radius 1 is 1.00 bits per heavy atom. The number of carbonyl (C=O) groups excluding carboxylic acids is 2. The van der Waals surface area contributed by atoms with E-state index in [-0.39, 0.29) is 17.3 Å². The van der Waals surface area contributed by atoms with Gasteiger partial charge in [0.05, 0.1) is 11.4 Å². The lowest BCUT2D eigenvalue weighted by Crippen LogP contribution is -2.50. The van der Waals surface area contributed by atoms with E-state index in [0.717, 1.165) is 16.3 Å². The maximum Gasteiger partial charge on any atom is 0.243 e. The van der Waals surface area contributed by atoms with Crippen LogP contribution < -0.4 is 5.32 Å². The van der Waals surface area contributed by atoms with Gasteiger partial charge in [0.1, 0.15) is 6.04 Å². The topological polar surface area (TPSA) is 86.8 Å². The van der Waals surface area contributed by atoms with Gasteiger partial charge in [0.15, 0.2) is 0 Å². The number of benzene rings is 2. The monoisotopic (exact) mass is 499 g/mol. The first-order valence-corrected chi connectivity index (χ1v) is 12.3. The number of sulfonamides is 1. The molecule has 0 saturated heterocycles. The molecule has 0 aliphatic heterocycles. The summed E-state index contributed by atoms with van der Waals surface area (Å²) in [6.07, 6.45) is 0.756. The van der Waals surface area contributed by atoms with Crippen molar-refractivity contribution < 1.29 is 18.0 Å². The summed E-state index contributed by atoms with van der Waals surface area (Å²) < 4.78 is 26.7. The van der Waals surface area contributed by atoms with E-state index in [2.05, 4.69) is 5.32 Å². The van der Waals surface area contributed by atoms with Gasteiger partial charge in [0, 0.05) is 30.2 Å². The molecule has 1 N–H and O–H groups in total. The van der Waals surface area contributed by atoms with Gasteiger partial charge < -0.3 is 10.2 Å². The number of likely N-dealkylation sites (N-methyl/N-ethyl adjacent to an activating group) is 1. The lowest BCUT2D eigenvalue weighted by atomic mass is 10.1. The lowest BCUT2D eigenvalue weighted by Gasteiger charge is -2.30. The molecule has 2 aromatic carbocycles. The molecule has 0 bridgehead atoms. The first-order valence-electron chi connectivity index (χ1n) is 10.1. The Labute approximate surface area is 199 Å². The number of hydrogen-bond acceptors (Lipinski definition) is 4. The molecule has 2 amide bonds. The third kappa shape index (κ3) is 6.93. The van der Waals surface area contributed by atoms with E-state index < -0.39 is 28.5 Å². The molecule has 2 rings (SSSR count). The van der Waals surface area contributed by atoms with Gasteiger partial charge in [-0.2, -0.15) is 4.31 Å². The molecule has 0 aliphatic carbocycles.